The normalized spacial score (nSPS) is 11.0. The molecule has 3 rings (SSSR count). The molecule has 2 heterocycles. The van der Waals surface area contributed by atoms with Gasteiger partial charge in [0.2, 0.25) is 0 Å². The highest BCUT2D eigenvalue weighted by atomic mass is 32.1. The fourth-order valence-corrected chi connectivity index (χ4v) is 3.59. The van der Waals surface area contributed by atoms with Crippen LogP contribution in [0.4, 0.5) is 0 Å². The molecule has 0 radical (unpaired) electrons. The number of hydrogen-bond donors (Lipinski definition) is 1. The zero-order valence-electron chi connectivity index (χ0n) is 13.6. The maximum absolute atomic E-state index is 12.4. The number of fused-ring (bicyclic) bond motifs is 1. The van der Waals surface area contributed by atoms with Crippen molar-refractivity contribution >= 4 is 27.5 Å². The Morgan fingerprint density at radius 1 is 1.17 bits per heavy atom. The van der Waals surface area contributed by atoms with Gasteiger partial charge in [-0.1, -0.05) is 29.8 Å². The van der Waals surface area contributed by atoms with Gasteiger partial charge in [0.1, 0.15) is 4.83 Å². The average Bonchev–Trinajstić information content (AvgIpc) is 3.01. The van der Waals surface area contributed by atoms with Gasteiger partial charge < -0.3 is 5.32 Å². The third kappa shape index (κ3) is 2.78. The molecule has 0 saturated carbocycles. The van der Waals surface area contributed by atoms with Gasteiger partial charge in [-0.15, -0.1) is 11.3 Å². The van der Waals surface area contributed by atoms with E-state index in [1.54, 1.807) is 13.1 Å². The number of nitrogens with zero attached hydrogens (tertiary/aromatic N) is 2. The van der Waals surface area contributed by atoms with E-state index in [0.29, 0.717) is 21.6 Å². The lowest BCUT2D eigenvalue weighted by atomic mass is 10.1. The first-order valence-electron chi connectivity index (χ1n) is 7.42. The summed E-state index contributed by atoms with van der Waals surface area (Å²) in [6.07, 6.45) is 0. The zero-order chi connectivity index (χ0) is 17.4. The fourth-order valence-electron chi connectivity index (χ4n) is 2.57. The van der Waals surface area contributed by atoms with Crippen LogP contribution in [0.1, 0.15) is 20.8 Å². The van der Waals surface area contributed by atoms with Crippen molar-refractivity contribution in [2.24, 2.45) is 14.1 Å². The summed E-state index contributed by atoms with van der Waals surface area (Å²) in [5.74, 6) is -0.257. The van der Waals surface area contributed by atoms with Crippen molar-refractivity contribution in [3.63, 3.8) is 0 Å². The summed E-state index contributed by atoms with van der Waals surface area (Å²) in [5.41, 5.74) is 1.35. The number of carbonyl (C=O) groups is 1. The molecule has 124 valence electrons. The first kappa shape index (κ1) is 16.2. The minimum Gasteiger partial charge on any atom is -0.347 e. The van der Waals surface area contributed by atoms with Gasteiger partial charge in [-0.3, -0.25) is 18.7 Å². The SMILES string of the molecule is Cc1cccc(CNC(=O)c2cc3c(=O)n(C)c(=O)n(C)c3s2)c1. The molecule has 6 nitrogen and oxygen atoms in total. The monoisotopic (exact) mass is 343 g/mol. The molecule has 24 heavy (non-hydrogen) atoms. The van der Waals surface area contributed by atoms with E-state index in [-0.39, 0.29) is 11.5 Å². The van der Waals surface area contributed by atoms with Gasteiger partial charge in [-0.2, -0.15) is 0 Å². The second-order valence-electron chi connectivity index (χ2n) is 5.71. The molecule has 0 aliphatic heterocycles. The molecule has 7 heteroatoms. The van der Waals surface area contributed by atoms with Gasteiger partial charge >= 0.3 is 5.69 Å². The van der Waals surface area contributed by atoms with Crippen LogP contribution in [0.3, 0.4) is 0 Å². The lowest BCUT2D eigenvalue weighted by Gasteiger charge is -2.04. The van der Waals surface area contributed by atoms with E-state index in [0.717, 1.165) is 27.0 Å². The third-order valence-electron chi connectivity index (χ3n) is 3.89. The second-order valence-corrected chi connectivity index (χ2v) is 6.74. The minimum absolute atomic E-state index is 0.257. The predicted molar refractivity (Wildman–Crippen MR) is 94.7 cm³/mol. The van der Waals surface area contributed by atoms with Crippen LogP contribution < -0.4 is 16.6 Å². The number of aryl methyl sites for hydroxylation is 2. The van der Waals surface area contributed by atoms with E-state index < -0.39 is 5.69 Å². The minimum atomic E-state index is -0.402. The van der Waals surface area contributed by atoms with Crippen molar-refractivity contribution in [2.45, 2.75) is 13.5 Å². The first-order valence-corrected chi connectivity index (χ1v) is 8.23. The standard InChI is InChI=1S/C17H17N3O3S/c1-10-5-4-6-11(7-10)9-18-14(21)13-8-12-15(22)19(2)17(23)20(3)16(12)24-13/h4-8H,9H2,1-3H3,(H,18,21). The van der Waals surface area contributed by atoms with E-state index >= 15 is 0 Å². The van der Waals surface area contributed by atoms with E-state index in [9.17, 15) is 14.4 Å². The summed E-state index contributed by atoms with van der Waals surface area (Å²) in [7, 11) is 3.02. The molecule has 1 amide bonds. The van der Waals surface area contributed by atoms with Crippen LogP contribution in [0.15, 0.2) is 39.9 Å². The molecule has 0 fully saturated rings. The highest BCUT2D eigenvalue weighted by molar-refractivity contribution is 7.20. The van der Waals surface area contributed by atoms with E-state index in [2.05, 4.69) is 5.32 Å². The number of aromatic nitrogens is 2. The van der Waals surface area contributed by atoms with Crippen molar-refractivity contribution in [3.05, 3.63) is 67.2 Å². The first-order chi connectivity index (χ1) is 11.4. The molecule has 1 N–H and O–H groups in total. The Hall–Kier alpha value is -2.67. The smallest absolute Gasteiger partial charge is 0.331 e. The van der Waals surface area contributed by atoms with E-state index in [1.807, 2.05) is 31.2 Å². The number of thiophene rings is 1. The molecule has 2 aromatic heterocycles. The third-order valence-corrected chi connectivity index (χ3v) is 5.10. The number of benzene rings is 1. The molecular weight excluding hydrogens is 326 g/mol. The fraction of sp³-hybridized carbons (Fsp3) is 0.235. The van der Waals surface area contributed by atoms with Gasteiger partial charge in [-0.25, -0.2) is 4.79 Å². The topological polar surface area (TPSA) is 73.1 Å². The van der Waals surface area contributed by atoms with E-state index in [4.69, 9.17) is 0 Å². The zero-order valence-corrected chi connectivity index (χ0v) is 14.4. The van der Waals surface area contributed by atoms with Crippen molar-refractivity contribution in [2.75, 3.05) is 0 Å². The summed E-state index contributed by atoms with van der Waals surface area (Å²) in [5, 5.41) is 3.23. The van der Waals surface area contributed by atoms with Crippen molar-refractivity contribution in [1.29, 1.82) is 0 Å². The second kappa shape index (κ2) is 6.09. The number of amides is 1. The Kier molecular flexibility index (Phi) is 4.11. The molecule has 0 unspecified atom stereocenters. The predicted octanol–water partition coefficient (Wildman–Crippen LogP) is 1.54. The van der Waals surface area contributed by atoms with Crippen LogP contribution in [0.5, 0.6) is 0 Å². The Morgan fingerprint density at radius 2 is 1.92 bits per heavy atom. The van der Waals surface area contributed by atoms with Gasteiger partial charge in [-0.05, 0) is 18.6 Å². The molecule has 0 atom stereocenters. The van der Waals surface area contributed by atoms with Crippen molar-refractivity contribution in [1.82, 2.24) is 14.5 Å². The largest absolute Gasteiger partial charge is 0.347 e. The lowest BCUT2D eigenvalue weighted by molar-refractivity contribution is 0.0955. The van der Waals surface area contributed by atoms with Gasteiger partial charge in [0.15, 0.2) is 0 Å². The number of nitrogens with one attached hydrogen (secondary N) is 1. The summed E-state index contributed by atoms with van der Waals surface area (Å²) >= 11 is 1.14. The van der Waals surface area contributed by atoms with Crippen LogP contribution >= 0.6 is 11.3 Å². The molecule has 0 bridgehead atoms. The van der Waals surface area contributed by atoms with E-state index in [1.165, 1.54) is 11.6 Å². The average molecular weight is 343 g/mol. The van der Waals surface area contributed by atoms with Crippen molar-refractivity contribution in [3.8, 4) is 0 Å². The van der Waals surface area contributed by atoms with Crippen molar-refractivity contribution < 1.29 is 4.79 Å². The van der Waals surface area contributed by atoms with Crippen LogP contribution in [0, 0.1) is 6.92 Å². The van der Waals surface area contributed by atoms with Crippen LogP contribution in [-0.2, 0) is 20.6 Å². The highest BCUT2D eigenvalue weighted by Crippen LogP contribution is 2.21. The maximum atomic E-state index is 12.4. The highest BCUT2D eigenvalue weighted by Gasteiger charge is 2.16. The van der Waals surface area contributed by atoms with Gasteiger partial charge in [0, 0.05) is 20.6 Å². The summed E-state index contributed by atoms with van der Waals surface area (Å²) < 4.78 is 2.43. The molecule has 0 spiro atoms. The molecule has 3 aromatic rings. The molecule has 0 aliphatic carbocycles. The summed E-state index contributed by atoms with van der Waals surface area (Å²) in [4.78, 5) is 37.4. The molecule has 0 aliphatic rings. The lowest BCUT2D eigenvalue weighted by Crippen LogP contribution is -2.36. The Labute approximate surface area is 142 Å². The summed E-state index contributed by atoms with van der Waals surface area (Å²) in [6, 6.07) is 9.43. The van der Waals surface area contributed by atoms with Crippen LogP contribution in [0.2, 0.25) is 0 Å². The molecular formula is C17H17N3O3S. The Balaban J connectivity index is 1.91. The quantitative estimate of drug-likeness (QED) is 0.784. The number of hydrogen-bond acceptors (Lipinski definition) is 4. The van der Waals surface area contributed by atoms with Gasteiger partial charge in [0.05, 0.1) is 10.3 Å². The van der Waals surface area contributed by atoms with Gasteiger partial charge in [0.25, 0.3) is 11.5 Å². The maximum Gasteiger partial charge on any atom is 0.331 e. The number of carbonyl (C=O) groups excluding carboxylic acids is 1. The number of rotatable bonds is 3. The summed E-state index contributed by atoms with van der Waals surface area (Å²) in [6.45, 7) is 2.40. The molecule has 1 aromatic carbocycles. The van der Waals surface area contributed by atoms with Crippen LogP contribution in [0.25, 0.3) is 10.2 Å². The molecule has 0 saturated heterocycles. The Morgan fingerprint density at radius 3 is 2.62 bits per heavy atom. The van der Waals surface area contributed by atoms with Crippen LogP contribution in [-0.4, -0.2) is 15.0 Å². The Bertz CT molecular complexity index is 1060.